The molecule has 2 amide bonds. The number of methoxy groups -OCH3 is 1. The van der Waals surface area contributed by atoms with Gasteiger partial charge in [0.05, 0.1) is 58.5 Å². The van der Waals surface area contributed by atoms with Crippen molar-refractivity contribution in [1.29, 1.82) is 0 Å². The van der Waals surface area contributed by atoms with Gasteiger partial charge in [-0.3, -0.25) is 24.3 Å². The maximum absolute atomic E-state index is 14.9. The van der Waals surface area contributed by atoms with Crippen LogP contribution >= 0.6 is 0 Å². The lowest BCUT2D eigenvalue weighted by molar-refractivity contribution is -0.143. The van der Waals surface area contributed by atoms with Crippen LogP contribution in [0.1, 0.15) is 129 Å². The number of carbonyl (C=O) groups is 3. The van der Waals surface area contributed by atoms with Crippen LogP contribution in [0.15, 0.2) is 43.0 Å². The van der Waals surface area contributed by atoms with Crippen LogP contribution in [0.25, 0.3) is 39.3 Å². The Morgan fingerprint density at radius 2 is 1.48 bits per heavy atom. The predicted octanol–water partition coefficient (Wildman–Crippen LogP) is 10.6. The Labute approximate surface area is 328 Å². The number of benzene rings is 1. The van der Waals surface area contributed by atoms with Crippen molar-refractivity contribution in [3.8, 4) is 0 Å². The highest BCUT2D eigenvalue weighted by atomic mass is 19.4. The highest BCUT2D eigenvalue weighted by Gasteiger charge is 2.42. The van der Waals surface area contributed by atoms with Gasteiger partial charge < -0.3 is 14.7 Å². The standard InChI is InChI=1S/C43H39F6N5O4/c1-8-26-19(3)29-15-31-21(5)28(10-11-35(55)58-7)38(52-31)37-39-36(22(6)32(53-39)17-34-27(9-2)20(4)30(51-34)16-33(26)50-29)40(56)54(41(37)57)18-23-12-24(42(44,45)46)14-25(13-23)43(47,48)49/h8,12-17,21,28,50,53H,1,9-11,18H2,2-7H3/t21?,28-/m0/s1. The molecular weight excluding hydrogens is 764 g/mol. The average molecular weight is 804 g/mol. The molecule has 0 fully saturated rings. The monoisotopic (exact) mass is 803 g/mol. The zero-order valence-electron chi connectivity index (χ0n) is 32.5. The summed E-state index contributed by atoms with van der Waals surface area (Å²) in [6.07, 6.45) is -7.88. The summed E-state index contributed by atoms with van der Waals surface area (Å²) in [7, 11) is 1.25. The Kier molecular flexibility index (Phi) is 10.0. The topological polar surface area (TPSA) is 121 Å². The van der Waals surface area contributed by atoms with Crippen molar-refractivity contribution in [3.05, 3.63) is 110 Å². The van der Waals surface area contributed by atoms with Gasteiger partial charge in [0, 0.05) is 46.1 Å². The van der Waals surface area contributed by atoms with E-state index in [-0.39, 0.29) is 41.2 Å². The van der Waals surface area contributed by atoms with Crippen LogP contribution < -0.4 is 0 Å². The van der Waals surface area contributed by atoms with Gasteiger partial charge in [0.15, 0.2) is 0 Å². The van der Waals surface area contributed by atoms with E-state index >= 15 is 0 Å². The molecule has 0 aliphatic carbocycles. The predicted molar refractivity (Wildman–Crippen MR) is 206 cm³/mol. The molecule has 2 atom stereocenters. The largest absolute Gasteiger partial charge is 0.469 e. The van der Waals surface area contributed by atoms with E-state index in [9.17, 15) is 40.7 Å². The van der Waals surface area contributed by atoms with Gasteiger partial charge in [-0.25, -0.2) is 4.98 Å². The molecule has 3 aromatic heterocycles. The van der Waals surface area contributed by atoms with E-state index in [1.165, 1.54) is 7.11 Å². The van der Waals surface area contributed by atoms with E-state index in [0.29, 0.717) is 57.1 Å². The number of carbonyl (C=O) groups excluding carboxylic acids is 3. The molecule has 8 bridgehead atoms. The summed E-state index contributed by atoms with van der Waals surface area (Å²) >= 11 is 0. The lowest BCUT2D eigenvalue weighted by Gasteiger charge is -2.27. The molecule has 58 heavy (non-hydrogen) atoms. The third-order valence-corrected chi connectivity index (χ3v) is 11.4. The van der Waals surface area contributed by atoms with Crippen molar-refractivity contribution in [2.24, 2.45) is 0 Å². The number of nitrogens with one attached hydrogen (secondary N) is 2. The fourth-order valence-electron chi connectivity index (χ4n) is 8.22. The lowest BCUT2D eigenvalue weighted by Crippen LogP contribution is -2.40. The number of hydrogen-bond acceptors (Lipinski definition) is 6. The Hall–Kier alpha value is -5.99. The molecule has 0 saturated carbocycles. The number of esters is 1. The summed E-state index contributed by atoms with van der Waals surface area (Å²) in [5.74, 6) is -3.44. The Balaban J connectivity index is 1.58. The van der Waals surface area contributed by atoms with Crippen LogP contribution in [0.5, 0.6) is 0 Å². The highest BCUT2D eigenvalue weighted by molar-refractivity contribution is 6.23. The molecule has 2 N–H and O–H groups in total. The van der Waals surface area contributed by atoms with Gasteiger partial charge in [0.2, 0.25) is 0 Å². The molecule has 6 heterocycles. The number of alkyl halides is 6. The van der Waals surface area contributed by atoms with Crippen molar-refractivity contribution in [2.45, 2.75) is 84.6 Å². The minimum atomic E-state index is -5.16. The number of allylic oxidation sites excluding steroid dienone is 2. The fourth-order valence-corrected chi connectivity index (χ4v) is 8.22. The van der Waals surface area contributed by atoms with Crippen LogP contribution in [-0.4, -0.2) is 49.7 Å². The van der Waals surface area contributed by atoms with Gasteiger partial charge in [0.25, 0.3) is 11.8 Å². The normalized spacial score (nSPS) is 17.0. The number of halogens is 6. The highest BCUT2D eigenvalue weighted by Crippen LogP contribution is 2.45. The molecule has 3 aliphatic heterocycles. The van der Waals surface area contributed by atoms with Crippen molar-refractivity contribution in [2.75, 3.05) is 7.11 Å². The van der Waals surface area contributed by atoms with Gasteiger partial charge >= 0.3 is 18.3 Å². The molecule has 1 unspecified atom stereocenters. The number of aromatic nitrogens is 4. The van der Waals surface area contributed by atoms with Gasteiger partial charge in [-0.1, -0.05) is 26.5 Å². The number of imide groups is 1. The number of H-pyrrole nitrogens is 2. The molecule has 9 nitrogen and oxygen atoms in total. The third kappa shape index (κ3) is 6.79. The summed E-state index contributed by atoms with van der Waals surface area (Å²) in [6, 6.07) is 6.51. The first-order valence-corrected chi connectivity index (χ1v) is 18.6. The summed E-state index contributed by atoms with van der Waals surface area (Å²) in [4.78, 5) is 59.2. The molecule has 0 spiro atoms. The molecule has 302 valence electrons. The van der Waals surface area contributed by atoms with Crippen molar-refractivity contribution < 1.29 is 45.5 Å². The summed E-state index contributed by atoms with van der Waals surface area (Å²) in [6.45, 7) is 12.5. The van der Waals surface area contributed by atoms with E-state index in [1.807, 2.05) is 39.8 Å². The van der Waals surface area contributed by atoms with Crippen LogP contribution in [0.3, 0.4) is 0 Å². The average Bonchev–Trinajstić information content (AvgIpc) is 3.84. The number of aryl methyl sites for hydroxylation is 2. The second kappa shape index (κ2) is 14.4. The van der Waals surface area contributed by atoms with Gasteiger partial charge in [0.1, 0.15) is 0 Å². The Morgan fingerprint density at radius 3 is 2.09 bits per heavy atom. The number of fused-ring (bicyclic) bond motifs is 8. The van der Waals surface area contributed by atoms with Crippen molar-refractivity contribution in [3.63, 3.8) is 0 Å². The van der Waals surface area contributed by atoms with E-state index in [1.54, 1.807) is 19.1 Å². The quantitative estimate of drug-likeness (QED) is 0.109. The van der Waals surface area contributed by atoms with E-state index in [2.05, 4.69) is 16.5 Å². The summed E-state index contributed by atoms with van der Waals surface area (Å²) in [5, 5.41) is 0. The second-order valence-electron chi connectivity index (χ2n) is 14.8. The Morgan fingerprint density at radius 1 is 0.862 bits per heavy atom. The zero-order chi connectivity index (χ0) is 42.2. The molecule has 4 aromatic rings. The van der Waals surface area contributed by atoms with Gasteiger partial charge in [-0.2, -0.15) is 26.3 Å². The first-order chi connectivity index (χ1) is 27.3. The molecule has 0 radical (unpaired) electrons. The first kappa shape index (κ1) is 40.2. The van der Waals surface area contributed by atoms with E-state index < -0.39 is 65.2 Å². The maximum Gasteiger partial charge on any atom is 0.416 e. The fraction of sp³-hybridized carbons (Fsp3) is 0.326. The minimum absolute atomic E-state index is 0.000794. The second-order valence-corrected chi connectivity index (χ2v) is 14.8. The molecule has 15 heteroatoms. The lowest BCUT2D eigenvalue weighted by atomic mass is 9.84. The number of aromatic amines is 2. The SMILES string of the molecule is C=Cc1c(C)c2cc3nc(c4c5[nH]c(cc6nc(cc1[nH]2)C(C)=C6CC)c(C)c5C(=O)N(Cc1cc(C(F)(F)F)cc(C(F)(F)F)c1)C4=O)[C@@H](CCC(=O)OC)C3C. The number of hydrogen-bond donors (Lipinski definition) is 2. The van der Waals surface area contributed by atoms with Crippen molar-refractivity contribution in [1.82, 2.24) is 24.8 Å². The summed E-state index contributed by atoms with van der Waals surface area (Å²) in [5.41, 5.74) is 4.05. The smallest absolute Gasteiger partial charge is 0.416 e. The van der Waals surface area contributed by atoms with Crippen LogP contribution in [-0.2, 0) is 28.4 Å². The third-order valence-electron chi connectivity index (χ3n) is 11.4. The molecule has 1 aromatic carbocycles. The first-order valence-electron chi connectivity index (χ1n) is 18.6. The maximum atomic E-state index is 14.9. The number of rotatable bonds is 7. The molecular formula is C43H39F6N5O4. The van der Waals surface area contributed by atoms with Crippen LogP contribution in [0.2, 0.25) is 0 Å². The number of ether oxygens (including phenoxy) is 1. The zero-order valence-corrected chi connectivity index (χ0v) is 32.5. The van der Waals surface area contributed by atoms with E-state index in [4.69, 9.17) is 14.7 Å². The molecule has 0 saturated heterocycles. The molecule has 3 aliphatic rings. The Bertz CT molecular complexity index is 2620. The van der Waals surface area contributed by atoms with Gasteiger partial charge in [-0.15, -0.1) is 0 Å². The van der Waals surface area contributed by atoms with Crippen LogP contribution in [0.4, 0.5) is 26.3 Å². The molecule has 7 rings (SSSR count). The van der Waals surface area contributed by atoms with Crippen molar-refractivity contribution >= 4 is 57.1 Å². The minimum Gasteiger partial charge on any atom is -0.469 e. The van der Waals surface area contributed by atoms with Crippen LogP contribution in [0, 0.1) is 13.8 Å². The number of amides is 2. The van der Waals surface area contributed by atoms with Gasteiger partial charge in [-0.05, 0) is 97.8 Å². The van der Waals surface area contributed by atoms with E-state index in [0.717, 1.165) is 27.8 Å². The number of nitrogens with zero attached hydrogens (tertiary/aromatic N) is 3. The summed E-state index contributed by atoms with van der Waals surface area (Å²) < 4.78 is 88.5.